The second-order valence-electron chi connectivity index (χ2n) is 7.64. The molecule has 7 nitrogen and oxygen atoms in total. The number of nitrogens with zero attached hydrogens (tertiary/aromatic N) is 4. The van der Waals surface area contributed by atoms with Gasteiger partial charge in [0.15, 0.2) is 0 Å². The predicted molar refractivity (Wildman–Crippen MR) is 129 cm³/mol. The van der Waals surface area contributed by atoms with Crippen LogP contribution < -0.4 is 15.0 Å². The van der Waals surface area contributed by atoms with Crippen LogP contribution in [0.15, 0.2) is 48.7 Å². The summed E-state index contributed by atoms with van der Waals surface area (Å²) >= 11 is 12.6. The zero-order valence-corrected chi connectivity index (χ0v) is 19.5. The minimum atomic E-state index is -0.0663. The Hall–Kier alpha value is -2.74. The highest BCUT2D eigenvalue weighted by Crippen LogP contribution is 2.36. The molecule has 1 fully saturated rings. The zero-order valence-electron chi connectivity index (χ0n) is 18.0. The van der Waals surface area contributed by atoms with Gasteiger partial charge >= 0.3 is 0 Å². The highest BCUT2D eigenvalue weighted by atomic mass is 35.5. The van der Waals surface area contributed by atoms with Gasteiger partial charge in [-0.25, -0.2) is 0 Å². The Kier molecular flexibility index (Phi) is 6.89. The van der Waals surface area contributed by atoms with Crippen LogP contribution in [0.2, 0.25) is 10.0 Å². The lowest BCUT2D eigenvalue weighted by Gasteiger charge is -2.36. The van der Waals surface area contributed by atoms with E-state index in [9.17, 15) is 4.79 Å². The third-order valence-electron chi connectivity index (χ3n) is 5.57. The Labute approximate surface area is 197 Å². The molecule has 0 aliphatic carbocycles. The third-order valence-corrected chi connectivity index (χ3v) is 6.16. The van der Waals surface area contributed by atoms with Gasteiger partial charge in [-0.1, -0.05) is 35.3 Å². The summed E-state index contributed by atoms with van der Waals surface area (Å²) in [4.78, 5) is 17.1. The fourth-order valence-corrected chi connectivity index (χ4v) is 4.47. The van der Waals surface area contributed by atoms with Crippen molar-refractivity contribution in [2.45, 2.75) is 0 Å². The predicted octanol–water partition coefficient (Wildman–Crippen LogP) is 4.16. The van der Waals surface area contributed by atoms with Gasteiger partial charge in [-0.2, -0.15) is 5.10 Å². The van der Waals surface area contributed by atoms with Gasteiger partial charge in [0.05, 0.1) is 41.3 Å². The van der Waals surface area contributed by atoms with Gasteiger partial charge in [0.25, 0.3) is 0 Å². The number of aromatic nitrogens is 2. The van der Waals surface area contributed by atoms with E-state index >= 15 is 0 Å². The number of carbonyl (C=O) groups is 1. The van der Waals surface area contributed by atoms with Gasteiger partial charge in [0.2, 0.25) is 5.91 Å². The molecule has 32 heavy (non-hydrogen) atoms. The van der Waals surface area contributed by atoms with Crippen LogP contribution in [0.25, 0.3) is 11.3 Å². The zero-order chi connectivity index (χ0) is 22.7. The second-order valence-corrected chi connectivity index (χ2v) is 8.46. The number of halogens is 2. The molecule has 0 unspecified atom stereocenters. The first kappa shape index (κ1) is 22.5. The number of aryl methyl sites for hydroxylation is 1. The third kappa shape index (κ3) is 4.85. The largest absolute Gasteiger partial charge is 0.496 e. The molecule has 0 atom stereocenters. The number of para-hydroxylation sites is 1. The normalized spacial score (nSPS) is 14.4. The molecule has 0 saturated carbocycles. The maximum absolute atomic E-state index is 12.7. The number of nitrogens with one attached hydrogen (secondary N) is 1. The molecule has 1 aliphatic rings. The van der Waals surface area contributed by atoms with Crippen LogP contribution in [-0.2, 0) is 11.8 Å². The molecule has 2 heterocycles. The SMILES string of the molecule is COc1ccc(NC(=O)CN2CCN(c3ccccc3Cl)CC2)cc1-c1c(Cl)cnn1C. The quantitative estimate of drug-likeness (QED) is 0.582. The summed E-state index contributed by atoms with van der Waals surface area (Å²) in [5, 5.41) is 8.45. The molecule has 3 aromatic rings. The molecule has 1 N–H and O–H groups in total. The van der Waals surface area contributed by atoms with E-state index in [0.717, 1.165) is 48.1 Å². The Bertz CT molecular complexity index is 1090. The fraction of sp³-hybridized carbons (Fsp3) is 0.304. The summed E-state index contributed by atoms with van der Waals surface area (Å²) < 4.78 is 7.17. The molecule has 1 amide bonds. The molecule has 168 valence electrons. The number of hydrogen-bond acceptors (Lipinski definition) is 5. The molecule has 0 spiro atoms. The van der Waals surface area contributed by atoms with Gasteiger partial charge in [-0.3, -0.25) is 14.4 Å². The lowest BCUT2D eigenvalue weighted by Crippen LogP contribution is -2.48. The average Bonchev–Trinajstić information content (AvgIpc) is 3.12. The molecule has 1 aliphatic heterocycles. The topological polar surface area (TPSA) is 62.6 Å². The molecule has 0 radical (unpaired) electrons. The van der Waals surface area contributed by atoms with Crippen LogP contribution in [0.1, 0.15) is 0 Å². The van der Waals surface area contributed by atoms with Crippen LogP contribution in [-0.4, -0.2) is 60.4 Å². The van der Waals surface area contributed by atoms with E-state index in [0.29, 0.717) is 23.0 Å². The maximum Gasteiger partial charge on any atom is 0.238 e. The Morgan fingerprint density at radius 2 is 1.84 bits per heavy atom. The Morgan fingerprint density at radius 3 is 2.50 bits per heavy atom. The summed E-state index contributed by atoms with van der Waals surface area (Å²) in [6.45, 7) is 3.55. The van der Waals surface area contributed by atoms with Crippen molar-refractivity contribution in [2.75, 3.05) is 50.1 Å². The molecule has 0 bridgehead atoms. The Balaban J connectivity index is 1.39. The van der Waals surface area contributed by atoms with Gasteiger partial charge < -0.3 is 15.0 Å². The number of carbonyl (C=O) groups excluding carboxylic acids is 1. The van der Waals surface area contributed by atoms with E-state index in [4.69, 9.17) is 27.9 Å². The number of ether oxygens (including phenoxy) is 1. The molecule has 2 aromatic carbocycles. The number of benzene rings is 2. The van der Waals surface area contributed by atoms with Crippen molar-refractivity contribution in [3.63, 3.8) is 0 Å². The lowest BCUT2D eigenvalue weighted by molar-refractivity contribution is -0.117. The first-order valence-corrected chi connectivity index (χ1v) is 11.1. The molecule has 1 saturated heterocycles. The summed E-state index contributed by atoms with van der Waals surface area (Å²) in [6, 6.07) is 13.3. The van der Waals surface area contributed by atoms with Crippen molar-refractivity contribution >= 4 is 40.5 Å². The first-order chi connectivity index (χ1) is 15.5. The van der Waals surface area contributed by atoms with E-state index in [1.54, 1.807) is 18.0 Å². The number of methoxy groups -OCH3 is 1. The number of rotatable bonds is 6. The smallest absolute Gasteiger partial charge is 0.238 e. The van der Waals surface area contributed by atoms with E-state index in [1.807, 2.05) is 49.5 Å². The van der Waals surface area contributed by atoms with E-state index in [-0.39, 0.29) is 5.91 Å². The summed E-state index contributed by atoms with van der Waals surface area (Å²) in [7, 11) is 3.41. The van der Waals surface area contributed by atoms with Crippen molar-refractivity contribution in [2.24, 2.45) is 7.05 Å². The first-order valence-electron chi connectivity index (χ1n) is 10.3. The second kappa shape index (κ2) is 9.81. The number of amides is 1. The highest BCUT2D eigenvalue weighted by molar-refractivity contribution is 6.33. The van der Waals surface area contributed by atoms with Gasteiger partial charge in [0, 0.05) is 44.5 Å². The van der Waals surface area contributed by atoms with Crippen LogP contribution in [0.5, 0.6) is 5.75 Å². The molecule has 1 aromatic heterocycles. The lowest BCUT2D eigenvalue weighted by atomic mass is 10.1. The Morgan fingerprint density at radius 1 is 1.09 bits per heavy atom. The monoisotopic (exact) mass is 473 g/mol. The summed E-state index contributed by atoms with van der Waals surface area (Å²) in [5.41, 5.74) is 3.22. The van der Waals surface area contributed by atoms with Gasteiger partial charge in [-0.05, 0) is 30.3 Å². The highest BCUT2D eigenvalue weighted by Gasteiger charge is 2.21. The average molecular weight is 474 g/mol. The van der Waals surface area contributed by atoms with E-state index in [1.165, 1.54) is 0 Å². The maximum atomic E-state index is 12.7. The van der Waals surface area contributed by atoms with Gasteiger partial charge in [0.1, 0.15) is 5.75 Å². The number of piperazine rings is 1. The molecular formula is C23H25Cl2N5O2. The van der Waals surface area contributed by atoms with Crippen LogP contribution in [0.4, 0.5) is 11.4 Å². The van der Waals surface area contributed by atoms with Crippen molar-refractivity contribution < 1.29 is 9.53 Å². The standard InChI is InChI=1S/C23H25Cl2N5O2/c1-28-23(19(25)14-26-28)17-13-16(7-8-21(17)32-2)27-22(31)15-29-9-11-30(12-10-29)20-6-4-3-5-18(20)24/h3-8,13-14H,9-12,15H2,1-2H3,(H,27,31). The van der Waals surface area contributed by atoms with Crippen LogP contribution in [0.3, 0.4) is 0 Å². The fourth-order valence-electron chi connectivity index (χ4n) is 3.94. The minimum Gasteiger partial charge on any atom is -0.496 e. The van der Waals surface area contributed by atoms with Crippen LogP contribution >= 0.6 is 23.2 Å². The molecule has 9 heteroatoms. The summed E-state index contributed by atoms with van der Waals surface area (Å²) in [6.07, 6.45) is 1.59. The van der Waals surface area contributed by atoms with Crippen molar-refractivity contribution in [1.82, 2.24) is 14.7 Å². The van der Waals surface area contributed by atoms with Crippen LogP contribution in [0, 0.1) is 0 Å². The van der Waals surface area contributed by atoms with Crippen molar-refractivity contribution in [3.8, 4) is 17.0 Å². The molecular weight excluding hydrogens is 449 g/mol. The van der Waals surface area contributed by atoms with E-state index < -0.39 is 0 Å². The minimum absolute atomic E-state index is 0.0663. The number of hydrogen-bond donors (Lipinski definition) is 1. The molecule has 4 rings (SSSR count). The van der Waals surface area contributed by atoms with E-state index in [2.05, 4.69) is 20.2 Å². The van der Waals surface area contributed by atoms with Gasteiger partial charge in [-0.15, -0.1) is 0 Å². The summed E-state index contributed by atoms with van der Waals surface area (Å²) in [5.74, 6) is 0.590. The van der Waals surface area contributed by atoms with Crippen molar-refractivity contribution in [3.05, 3.63) is 58.7 Å². The van der Waals surface area contributed by atoms with Crippen molar-refractivity contribution in [1.29, 1.82) is 0 Å². The number of anilines is 2.